The van der Waals surface area contributed by atoms with Crippen LogP contribution in [0.1, 0.15) is 50.4 Å². The van der Waals surface area contributed by atoms with Crippen LogP contribution in [0.25, 0.3) is 0 Å². The van der Waals surface area contributed by atoms with Crippen LogP contribution in [0.15, 0.2) is 6.20 Å². The number of carbonyl (C=O) groups excluding carboxylic acids is 1. The molecule has 1 rings (SSSR count). The molecule has 0 aliphatic rings. The van der Waals surface area contributed by atoms with E-state index in [-0.39, 0.29) is 12.2 Å². The van der Waals surface area contributed by atoms with Gasteiger partial charge in [0.15, 0.2) is 5.78 Å². The Hall–Kier alpha value is -1.42. The van der Waals surface area contributed by atoms with Gasteiger partial charge >= 0.3 is 0 Å². The quantitative estimate of drug-likeness (QED) is 0.737. The van der Waals surface area contributed by atoms with Gasteiger partial charge in [0.05, 0.1) is 19.2 Å². The number of hydrogen-bond acceptors (Lipinski definition) is 4. The predicted octanol–water partition coefficient (Wildman–Crippen LogP) is 3.41. The van der Waals surface area contributed by atoms with Gasteiger partial charge in [-0.1, -0.05) is 13.8 Å². The van der Waals surface area contributed by atoms with Crippen molar-refractivity contribution in [3.63, 3.8) is 0 Å². The standard InChI is InChI=1S/C17H27NO3/c1-7-17(8-2,21-9-3)15(19)10-14-13(5)16(20-6)12(4)11-18-14/h11H,7-10H2,1-6H3. The Morgan fingerprint density at radius 2 is 1.86 bits per heavy atom. The number of aromatic nitrogens is 1. The number of ketones is 1. The second-order valence-corrected chi connectivity index (χ2v) is 5.28. The monoisotopic (exact) mass is 293 g/mol. The lowest BCUT2D eigenvalue weighted by atomic mass is 9.88. The topological polar surface area (TPSA) is 48.4 Å². The summed E-state index contributed by atoms with van der Waals surface area (Å²) < 4.78 is 11.2. The minimum absolute atomic E-state index is 0.0934. The number of Topliss-reactive ketones (excluding diaryl/α,β-unsaturated/α-hetero) is 1. The lowest BCUT2D eigenvalue weighted by Gasteiger charge is -2.30. The molecule has 4 nitrogen and oxygen atoms in total. The van der Waals surface area contributed by atoms with Crippen LogP contribution in [0, 0.1) is 13.8 Å². The molecule has 0 aliphatic heterocycles. The van der Waals surface area contributed by atoms with Gasteiger partial charge in [0.1, 0.15) is 11.4 Å². The first-order valence-electron chi connectivity index (χ1n) is 7.62. The van der Waals surface area contributed by atoms with Crippen molar-refractivity contribution < 1.29 is 14.3 Å². The zero-order valence-electron chi connectivity index (χ0n) is 14.1. The van der Waals surface area contributed by atoms with E-state index in [0.29, 0.717) is 19.4 Å². The number of hydrogen-bond donors (Lipinski definition) is 0. The van der Waals surface area contributed by atoms with Gasteiger partial charge in [-0.3, -0.25) is 9.78 Å². The molecule has 0 aromatic carbocycles. The molecule has 1 heterocycles. The number of nitrogens with zero attached hydrogens (tertiary/aromatic N) is 1. The third-order valence-electron chi connectivity index (χ3n) is 4.15. The van der Waals surface area contributed by atoms with Crippen LogP contribution in [-0.2, 0) is 16.0 Å². The van der Waals surface area contributed by atoms with Gasteiger partial charge in [0, 0.05) is 23.9 Å². The largest absolute Gasteiger partial charge is 0.496 e. The third kappa shape index (κ3) is 3.62. The molecule has 0 atom stereocenters. The summed E-state index contributed by atoms with van der Waals surface area (Å²) in [5.74, 6) is 0.902. The van der Waals surface area contributed by atoms with E-state index in [1.54, 1.807) is 13.3 Å². The van der Waals surface area contributed by atoms with E-state index in [1.807, 2.05) is 34.6 Å². The van der Waals surface area contributed by atoms with Crippen LogP contribution in [0.2, 0.25) is 0 Å². The van der Waals surface area contributed by atoms with E-state index in [9.17, 15) is 4.79 Å². The van der Waals surface area contributed by atoms with Crippen molar-refractivity contribution in [3.8, 4) is 5.75 Å². The summed E-state index contributed by atoms with van der Waals surface area (Å²) in [4.78, 5) is 17.1. The molecular weight excluding hydrogens is 266 g/mol. The lowest BCUT2D eigenvalue weighted by molar-refractivity contribution is -0.144. The number of pyridine rings is 1. The molecule has 4 heteroatoms. The number of methoxy groups -OCH3 is 1. The highest BCUT2D eigenvalue weighted by Crippen LogP contribution is 2.28. The van der Waals surface area contributed by atoms with Crippen LogP contribution in [0.4, 0.5) is 0 Å². The minimum atomic E-state index is -0.693. The second-order valence-electron chi connectivity index (χ2n) is 5.28. The number of carbonyl (C=O) groups is 1. The SMILES string of the molecule is CCOC(CC)(CC)C(=O)Cc1ncc(C)c(OC)c1C. The Morgan fingerprint density at radius 1 is 1.24 bits per heavy atom. The van der Waals surface area contributed by atoms with Crippen LogP contribution in [0.5, 0.6) is 5.75 Å². The fraction of sp³-hybridized carbons (Fsp3) is 0.647. The fourth-order valence-corrected chi connectivity index (χ4v) is 2.77. The average Bonchev–Trinajstić information content (AvgIpc) is 2.48. The van der Waals surface area contributed by atoms with E-state index >= 15 is 0 Å². The molecule has 0 aliphatic carbocycles. The molecule has 0 amide bonds. The smallest absolute Gasteiger partial charge is 0.170 e. The molecular formula is C17H27NO3. The molecule has 0 saturated heterocycles. The Bertz CT molecular complexity index is 493. The first-order valence-corrected chi connectivity index (χ1v) is 7.62. The van der Waals surface area contributed by atoms with Gasteiger partial charge in [-0.15, -0.1) is 0 Å². The second kappa shape index (κ2) is 7.55. The molecule has 0 bridgehead atoms. The third-order valence-corrected chi connectivity index (χ3v) is 4.15. The van der Waals surface area contributed by atoms with Crippen molar-refractivity contribution in [2.45, 2.75) is 59.5 Å². The Labute approximate surface area is 127 Å². The van der Waals surface area contributed by atoms with Gasteiger partial charge in [-0.2, -0.15) is 0 Å². The molecule has 0 saturated carbocycles. The van der Waals surface area contributed by atoms with Crippen molar-refractivity contribution in [2.75, 3.05) is 13.7 Å². The highest BCUT2D eigenvalue weighted by atomic mass is 16.5. The first kappa shape index (κ1) is 17.6. The summed E-state index contributed by atoms with van der Waals surface area (Å²) in [5.41, 5.74) is 1.99. The minimum Gasteiger partial charge on any atom is -0.496 e. The summed E-state index contributed by atoms with van der Waals surface area (Å²) in [6.45, 7) is 10.3. The summed E-state index contributed by atoms with van der Waals surface area (Å²) in [6, 6.07) is 0. The van der Waals surface area contributed by atoms with E-state index in [0.717, 1.165) is 22.6 Å². The highest BCUT2D eigenvalue weighted by molar-refractivity contribution is 5.89. The normalized spacial score (nSPS) is 11.5. The molecule has 0 unspecified atom stereocenters. The summed E-state index contributed by atoms with van der Waals surface area (Å²) in [5, 5.41) is 0. The first-order chi connectivity index (χ1) is 9.95. The van der Waals surface area contributed by atoms with E-state index in [4.69, 9.17) is 9.47 Å². The summed E-state index contributed by atoms with van der Waals surface area (Å²) in [7, 11) is 1.64. The van der Waals surface area contributed by atoms with Crippen molar-refractivity contribution >= 4 is 5.78 Å². The highest BCUT2D eigenvalue weighted by Gasteiger charge is 2.35. The van der Waals surface area contributed by atoms with Gasteiger partial charge in [0.25, 0.3) is 0 Å². The number of ether oxygens (including phenoxy) is 2. The van der Waals surface area contributed by atoms with Crippen molar-refractivity contribution in [1.29, 1.82) is 0 Å². The maximum Gasteiger partial charge on any atom is 0.170 e. The molecule has 0 fully saturated rings. The van der Waals surface area contributed by atoms with Crippen LogP contribution < -0.4 is 4.74 Å². The van der Waals surface area contributed by atoms with Gasteiger partial charge < -0.3 is 9.47 Å². The van der Waals surface area contributed by atoms with Crippen LogP contribution >= 0.6 is 0 Å². The molecule has 0 N–H and O–H groups in total. The molecule has 1 aromatic rings. The Balaban J connectivity index is 3.07. The van der Waals surface area contributed by atoms with E-state index < -0.39 is 5.60 Å². The lowest BCUT2D eigenvalue weighted by Crippen LogP contribution is -2.41. The molecule has 21 heavy (non-hydrogen) atoms. The van der Waals surface area contributed by atoms with E-state index in [2.05, 4.69) is 4.98 Å². The summed E-state index contributed by atoms with van der Waals surface area (Å²) >= 11 is 0. The fourth-order valence-electron chi connectivity index (χ4n) is 2.77. The van der Waals surface area contributed by atoms with Crippen molar-refractivity contribution in [2.24, 2.45) is 0 Å². The van der Waals surface area contributed by atoms with Gasteiger partial charge in [-0.25, -0.2) is 0 Å². The van der Waals surface area contributed by atoms with Crippen LogP contribution in [0.3, 0.4) is 0 Å². The van der Waals surface area contributed by atoms with Gasteiger partial charge in [-0.05, 0) is 33.6 Å². The average molecular weight is 293 g/mol. The zero-order valence-corrected chi connectivity index (χ0v) is 14.1. The maximum absolute atomic E-state index is 12.7. The van der Waals surface area contributed by atoms with Crippen molar-refractivity contribution in [3.05, 3.63) is 23.0 Å². The predicted molar refractivity (Wildman–Crippen MR) is 83.9 cm³/mol. The summed E-state index contributed by atoms with van der Waals surface area (Å²) in [6.07, 6.45) is 3.40. The Morgan fingerprint density at radius 3 is 2.33 bits per heavy atom. The Kier molecular flexibility index (Phi) is 6.34. The number of rotatable bonds is 8. The maximum atomic E-state index is 12.7. The number of aryl methyl sites for hydroxylation is 1. The van der Waals surface area contributed by atoms with Crippen molar-refractivity contribution in [1.82, 2.24) is 4.98 Å². The molecule has 0 radical (unpaired) electrons. The zero-order chi connectivity index (χ0) is 16.0. The van der Waals surface area contributed by atoms with Crippen LogP contribution in [-0.4, -0.2) is 30.1 Å². The van der Waals surface area contributed by atoms with Gasteiger partial charge in [0.2, 0.25) is 0 Å². The molecule has 118 valence electrons. The molecule has 1 aromatic heterocycles. The van der Waals surface area contributed by atoms with E-state index in [1.165, 1.54) is 0 Å². The molecule has 0 spiro atoms.